The van der Waals surface area contributed by atoms with Gasteiger partial charge >= 0.3 is 5.97 Å². The molecular weight excluding hydrogens is 378 g/mol. The van der Waals surface area contributed by atoms with E-state index in [9.17, 15) is 9.59 Å². The van der Waals surface area contributed by atoms with Crippen molar-refractivity contribution in [1.29, 1.82) is 0 Å². The molecule has 0 aromatic heterocycles. The van der Waals surface area contributed by atoms with E-state index < -0.39 is 14.3 Å². The molecule has 0 radical (unpaired) electrons. The van der Waals surface area contributed by atoms with Gasteiger partial charge in [0.25, 0.3) is 0 Å². The summed E-state index contributed by atoms with van der Waals surface area (Å²) in [5.41, 5.74) is 0.947. The zero-order chi connectivity index (χ0) is 19.5. The van der Waals surface area contributed by atoms with Crippen LogP contribution in [-0.2, 0) is 20.9 Å². The molecule has 1 aliphatic rings. The molecule has 27 heavy (non-hydrogen) atoms. The second-order valence-corrected chi connectivity index (χ2v) is 14.0. The second-order valence-electron chi connectivity index (χ2n) is 8.49. The second kappa shape index (κ2) is 9.24. The first-order valence-corrected chi connectivity index (χ1v) is 12.7. The van der Waals surface area contributed by atoms with Gasteiger partial charge in [-0.2, -0.15) is 0 Å². The number of alkyl halides is 1. The van der Waals surface area contributed by atoms with Crippen LogP contribution in [0.3, 0.4) is 0 Å². The maximum absolute atomic E-state index is 12.9. The lowest BCUT2D eigenvalue weighted by Crippen LogP contribution is -2.74. The van der Waals surface area contributed by atoms with Gasteiger partial charge in [-0.25, -0.2) is 4.79 Å². The average Bonchev–Trinajstić information content (AvgIpc) is 2.57. The SMILES string of the molecule is C.CC(C)(C)[Si](C)(C)N1C(=O)[C@H](CCCCl)C1C(=O)OCc1ccccc1. The average molecular weight is 412 g/mol. The maximum Gasteiger partial charge on any atom is 0.329 e. The molecule has 1 saturated heterocycles. The number of amides is 1. The Balaban J connectivity index is 0.00000364. The first-order valence-electron chi connectivity index (χ1n) is 9.21. The summed E-state index contributed by atoms with van der Waals surface area (Å²) in [5, 5.41) is -0.0297. The summed E-state index contributed by atoms with van der Waals surface area (Å²) in [7, 11) is -2.15. The number of nitrogens with zero attached hydrogens (tertiary/aromatic N) is 1. The molecule has 0 spiro atoms. The zero-order valence-corrected chi connectivity index (χ0v) is 18.2. The Hall–Kier alpha value is -1.33. The van der Waals surface area contributed by atoms with Crippen LogP contribution in [0.4, 0.5) is 0 Å². The zero-order valence-electron chi connectivity index (χ0n) is 16.4. The summed E-state index contributed by atoms with van der Waals surface area (Å²) in [6.07, 6.45) is 1.37. The number of halogens is 1. The lowest BCUT2D eigenvalue weighted by Gasteiger charge is -2.57. The minimum atomic E-state index is -2.15. The predicted octanol–water partition coefficient (Wildman–Crippen LogP) is 5.22. The summed E-state index contributed by atoms with van der Waals surface area (Å²) < 4.78 is 7.45. The number of hydrogen-bond donors (Lipinski definition) is 0. The molecule has 2 atom stereocenters. The van der Waals surface area contributed by atoms with Gasteiger partial charge in [0.05, 0.1) is 5.92 Å². The molecule has 4 nitrogen and oxygen atoms in total. The Morgan fingerprint density at radius 1 is 1.22 bits per heavy atom. The van der Waals surface area contributed by atoms with Crippen LogP contribution in [-0.4, -0.2) is 36.6 Å². The van der Waals surface area contributed by atoms with Gasteiger partial charge in [0.2, 0.25) is 5.91 Å². The number of benzene rings is 1. The fourth-order valence-corrected chi connectivity index (χ4v) is 5.77. The highest BCUT2D eigenvalue weighted by Gasteiger charge is 2.60. The Labute approximate surface area is 170 Å². The van der Waals surface area contributed by atoms with E-state index in [4.69, 9.17) is 16.3 Å². The molecule has 0 aliphatic carbocycles. The van der Waals surface area contributed by atoms with E-state index in [-0.39, 0.29) is 36.9 Å². The molecule has 1 aliphatic heterocycles. The van der Waals surface area contributed by atoms with Gasteiger partial charge in [-0.1, -0.05) is 71.6 Å². The maximum atomic E-state index is 12.9. The van der Waals surface area contributed by atoms with Crippen molar-refractivity contribution in [2.45, 2.75) is 71.8 Å². The minimum Gasteiger partial charge on any atom is -0.459 e. The molecule has 0 bridgehead atoms. The molecule has 1 amide bonds. The topological polar surface area (TPSA) is 46.6 Å². The fourth-order valence-electron chi connectivity index (χ4n) is 3.20. The van der Waals surface area contributed by atoms with Gasteiger partial charge in [-0.05, 0) is 23.4 Å². The monoisotopic (exact) mass is 411 g/mol. The van der Waals surface area contributed by atoms with Crippen molar-refractivity contribution in [1.82, 2.24) is 4.57 Å². The summed E-state index contributed by atoms with van der Waals surface area (Å²) in [6.45, 7) is 11.0. The normalized spacial score (nSPS) is 19.9. The number of carbonyl (C=O) groups is 2. The van der Waals surface area contributed by atoms with Crippen LogP contribution in [0.1, 0.15) is 46.6 Å². The Kier molecular flexibility index (Phi) is 8.11. The van der Waals surface area contributed by atoms with Gasteiger partial charge in [0, 0.05) is 5.88 Å². The summed E-state index contributed by atoms with van der Waals surface area (Å²) in [5.74, 6) is -0.0114. The largest absolute Gasteiger partial charge is 0.459 e. The van der Waals surface area contributed by atoms with E-state index in [0.29, 0.717) is 12.3 Å². The summed E-state index contributed by atoms with van der Waals surface area (Å²) in [6, 6.07) is 9.14. The minimum absolute atomic E-state index is 0. The van der Waals surface area contributed by atoms with Crippen molar-refractivity contribution in [3.05, 3.63) is 35.9 Å². The van der Waals surface area contributed by atoms with Crippen LogP contribution < -0.4 is 0 Å². The van der Waals surface area contributed by atoms with E-state index in [0.717, 1.165) is 12.0 Å². The van der Waals surface area contributed by atoms with Gasteiger partial charge < -0.3 is 9.30 Å². The van der Waals surface area contributed by atoms with Crippen LogP contribution in [0.25, 0.3) is 0 Å². The van der Waals surface area contributed by atoms with E-state index >= 15 is 0 Å². The van der Waals surface area contributed by atoms with Gasteiger partial charge in [0.15, 0.2) is 8.24 Å². The molecule has 1 aromatic rings. The number of ether oxygens (including phenoxy) is 1. The molecule has 2 rings (SSSR count). The third-order valence-electron chi connectivity index (χ3n) is 5.77. The Morgan fingerprint density at radius 2 is 1.81 bits per heavy atom. The van der Waals surface area contributed by atoms with Crippen molar-refractivity contribution in [2.24, 2.45) is 5.92 Å². The molecule has 0 saturated carbocycles. The van der Waals surface area contributed by atoms with Crippen LogP contribution >= 0.6 is 11.6 Å². The van der Waals surface area contributed by atoms with Crippen LogP contribution in [0.15, 0.2) is 30.3 Å². The van der Waals surface area contributed by atoms with E-state index in [2.05, 4.69) is 33.9 Å². The van der Waals surface area contributed by atoms with E-state index in [1.807, 2.05) is 34.9 Å². The molecule has 1 fully saturated rings. The van der Waals surface area contributed by atoms with Crippen LogP contribution in [0.2, 0.25) is 18.1 Å². The van der Waals surface area contributed by atoms with Crippen molar-refractivity contribution in [2.75, 3.05) is 5.88 Å². The standard InChI is InChI=1S/C20H30ClNO3Si.CH4/c1-20(2,3)26(4,5)22-17(16(18(22)23)12-9-13-21)19(24)25-14-15-10-7-6-8-11-15;/h6-8,10-11,16-17H,9,12-14H2,1-5H3;1H4/t16-,17?;/m1./s1. The molecule has 152 valence electrons. The number of hydrogen-bond acceptors (Lipinski definition) is 3. The van der Waals surface area contributed by atoms with E-state index in [1.54, 1.807) is 0 Å². The molecular formula is C21H34ClNO3Si. The van der Waals surface area contributed by atoms with Gasteiger partial charge in [-0.15, -0.1) is 11.6 Å². The quantitative estimate of drug-likeness (QED) is 0.267. The Morgan fingerprint density at radius 3 is 2.33 bits per heavy atom. The van der Waals surface area contributed by atoms with Crippen LogP contribution in [0, 0.1) is 5.92 Å². The van der Waals surface area contributed by atoms with Gasteiger partial charge in [-0.3, -0.25) is 4.79 Å². The van der Waals surface area contributed by atoms with Crippen molar-refractivity contribution in [3.63, 3.8) is 0 Å². The lowest BCUT2D eigenvalue weighted by atomic mass is 9.86. The van der Waals surface area contributed by atoms with Crippen molar-refractivity contribution < 1.29 is 14.3 Å². The van der Waals surface area contributed by atoms with Crippen molar-refractivity contribution in [3.8, 4) is 0 Å². The number of carbonyl (C=O) groups excluding carboxylic acids is 2. The lowest BCUT2D eigenvalue weighted by molar-refractivity contribution is -0.169. The third-order valence-corrected chi connectivity index (χ3v) is 11.4. The first-order chi connectivity index (χ1) is 12.1. The summed E-state index contributed by atoms with van der Waals surface area (Å²) >= 11 is 5.81. The molecule has 0 N–H and O–H groups in total. The third kappa shape index (κ3) is 4.94. The number of β-lactam (4-membered cyclic amide) rings is 1. The Bertz CT molecular complexity index is 643. The van der Waals surface area contributed by atoms with Crippen LogP contribution in [0.5, 0.6) is 0 Å². The highest BCUT2D eigenvalue weighted by atomic mass is 35.5. The molecule has 1 aromatic carbocycles. The van der Waals surface area contributed by atoms with E-state index in [1.165, 1.54) is 0 Å². The predicted molar refractivity (Wildman–Crippen MR) is 114 cm³/mol. The van der Waals surface area contributed by atoms with Crippen molar-refractivity contribution >= 4 is 31.7 Å². The fraction of sp³-hybridized carbons (Fsp3) is 0.619. The molecule has 1 heterocycles. The smallest absolute Gasteiger partial charge is 0.329 e. The first kappa shape index (κ1) is 23.7. The number of rotatable bonds is 7. The highest BCUT2D eigenvalue weighted by molar-refractivity contribution is 6.80. The summed E-state index contributed by atoms with van der Waals surface area (Å²) in [4.78, 5) is 25.7. The van der Waals surface area contributed by atoms with Gasteiger partial charge in [0.1, 0.15) is 12.6 Å². The number of esters is 1. The highest BCUT2D eigenvalue weighted by Crippen LogP contribution is 2.46. The molecule has 6 heteroatoms. The molecule has 1 unspecified atom stereocenters.